The van der Waals surface area contributed by atoms with Gasteiger partial charge in [0, 0.05) is 44.4 Å². The second-order valence-electron chi connectivity index (χ2n) is 6.94. The molecular weight excluding hydrogens is 336 g/mol. The lowest BCUT2D eigenvalue weighted by molar-refractivity contribution is 0.0971. The van der Waals surface area contributed by atoms with Crippen LogP contribution in [-0.4, -0.2) is 45.8 Å². The molecule has 0 bridgehead atoms. The molecule has 0 radical (unpaired) electrons. The quantitative estimate of drug-likeness (QED) is 0.702. The van der Waals surface area contributed by atoms with Crippen molar-refractivity contribution in [3.8, 4) is 11.3 Å². The topological polar surface area (TPSA) is 41.4 Å². The summed E-state index contributed by atoms with van der Waals surface area (Å²) in [4.78, 5) is 17.0. The first-order valence-electron chi connectivity index (χ1n) is 9.40. The molecule has 2 aromatic carbocycles. The van der Waals surface area contributed by atoms with Gasteiger partial charge >= 0.3 is 0 Å². The van der Waals surface area contributed by atoms with E-state index < -0.39 is 0 Å². The molecule has 1 saturated heterocycles. The fourth-order valence-corrected chi connectivity index (χ4v) is 3.43. The molecule has 138 valence electrons. The van der Waals surface area contributed by atoms with Gasteiger partial charge in [-0.25, -0.2) is 4.68 Å². The molecule has 5 nitrogen and oxygen atoms in total. The lowest BCUT2D eigenvalue weighted by Gasteiger charge is -2.34. The monoisotopic (exact) mass is 360 g/mol. The summed E-state index contributed by atoms with van der Waals surface area (Å²) in [5, 5.41) is 4.57. The Morgan fingerprint density at radius 1 is 0.741 bits per heavy atom. The number of hydrogen-bond donors (Lipinski definition) is 0. The van der Waals surface area contributed by atoms with E-state index in [0.29, 0.717) is 6.67 Å². The first-order chi connectivity index (χ1) is 13.3. The van der Waals surface area contributed by atoms with Crippen molar-refractivity contribution >= 4 is 0 Å². The molecule has 4 rings (SSSR count). The Labute approximate surface area is 159 Å². The predicted molar refractivity (Wildman–Crippen MR) is 107 cm³/mol. The molecule has 0 amide bonds. The minimum Gasteiger partial charge on any atom is -0.297 e. The molecule has 1 aliphatic heterocycles. The third kappa shape index (κ3) is 4.51. The van der Waals surface area contributed by atoms with Crippen LogP contribution in [0, 0.1) is 0 Å². The minimum atomic E-state index is -0.0543. The minimum absolute atomic E-state index is 0.0543. The second-order valence-corrected chi connectivity index (χ2v) is 6.94. The first-order valence-corrected chi connectivity index (χ1v) is 9.40. The van der Waals surface area contributed by atoms with Crippen molar-refractivity contribution in [1.29, 1.82) is 0 Å². The van der Waals surface area contributed by atoms with Gasteiger partial charge in [-0.1, -0.05) is 60.7 Å². The second kappa shape index (κ2) is 8.29. The SMILES string of the molecule is O=c1ccc(-c2ccccc2)nn1CN1CCN(Cc2ccccc2)CC1. The van der Waals surface area contributed by atoms with Gasteiger partial charge in [-0.2, -0.15) is 5.10 Å². The number of aromatic nitrogens is 2. The molecule has 3 aromatic rings. The van der Waals surface area contributed by atoms with Crippen molar-refractivity contribution in [1.82, 2.24) is 19.6 Å². The Hall–Kier alpha value is -2.76. The molecule has 0 saturated carbocycles. The molecule has 0 aliphatic carbocycles. The van der Waals surface area contributed by atoms with E-state index in [1.54, 1.807) is 16.8 Å². The molecule has 2 heterocycles. The van der Waals surface area contributed by atoms with Gasteiger partial charge in [-0.05, 0) is 11.6 Å². The zero-order valence-corrected chi connectivity index (χ0v) is 15.4. The average Bonchev–Trinajstić information content (AvgIpc) is 2.72. The first kappa shape index (κ1) is 17.6. The Bertz CT molecular complexity index is 916. The number of rotatable bonds is 5. The average molecular weight is 360 g/mol. The van der Waals surface area contributed by atoms with Crippen molar-refractivity contribution in [2.45, 2.75) is 13.2 Å². The molecule has 1 aliphatic rings. The molecule has 0 spiro atoms. The summed E-state index contributed by atoms with van der Waals surface area (Å²) in [6.07, 6.45) is 0. The normalized spacial score (nSPS) is 15.7. The molecule has 1 aromatic heterocycles. The Morgan fingerprint density at radius 2 is 1.37 bits per heavy atom. The summed E-state index contributed by atoms with van der Waals surface area (Å²) < 4.78 is 1.58. The zero-order chi connectivity index (χ0) is 18.5. The van der Waals surface area contributed by atoms with E-state index in [9.17, 15) is 4.79 Å². The highest BCUT2D eigenvalue weighted by molar-refractivity contribution is 5.57. The fourth-order valence-electron chi connectivity index (χ4n) is 3.43. The Morgan fingerprint density at radius 3 is 2.07 bits per heavy atom. The summed E-state index contributed by atoms with van der Waals surface area (Å²) in [5.41, 5.74) is 3.15. The lowest BCUT2D eigenvalue weighted by atomic mass is 10.1. The van der Waals surface area contributed by atoms with Crippen LogP contribution >= 0.6 is 0 Å². The largest absolute Gasteiger partial charge is 0.297 e. The zero-order valence-electron chi connectivity index (χ0n) is 15.4. The molecule has 0 unspecified atom stereocenters. The maximum Gasteiger partial charge on any atom is 0.268 e. The number of hydrogen-bond acceptors (Lipinski definition) is 4. The van der Waals surface area contributed by atoms with E-state index in [1.807, 2.05) is 30.3 Å². The highest BCUT2D eigenvalue weighted by atomic mass is 16.1. The van der Waals surface area contributed by atoms with Crippen LogP contribution in [0.15, 0.2) is 77.6 Å². The predicted octanol–water partition coefficient (Wildman–Crippen LogP) is 2.69. The Balaban J connectivity index is 1.38. The van der Waals surface area contributed by atoms with Crippen LogP contribution < -0.4 is 5.56 Å². The fraction of sp³-hybridized carbons (Fsp3) is 0.273. The highest BCUT2D eigenvalue weighted by Gasteiger charge is 2.18. The number of benzene rings is 2. The van der Waals surface area contributed by atoms with Crippen molar-refractivity contribution < 1.29 is 0 Å². The maximum absolute atomic E-state index is 12.2. The van der Waals surface area contributed by atoms with E-state index >= 15 is 0 Å². The van der Waals surface area contributed by atoms with Crippen LogP contribution in [-0.2, 0) is 13.2 Å². The summed E-state index contributed by atoms with van der Waals surface area (Å²) in [5.74, 6) is 0. The summed E-state index contributed by atoms with van der Waals surface area (Å²) in [6, 6.07) is 24.0. The molecular formula is C22H24N4O. The van der Waals surface area contributed by atoms with Crippen LogP contribution in [0.4, 0.5) is 0 Å². The van der Waals surface area contributed by atoms with Crippen molar-refractivity contribution in [3.63, 3.8) is 0 Å². The summed E-state index contributed by atoms with van der Waals surface area (Å²) in [6.45, 7) is 5.41. The van der Waals surface area contributed by atoms with Crippen molar-refractivity contribution in [2.24, 2.45) is 0 Å². The number of nitrogens with zero attached hydrogens (tertiary/aromatic N) is 4. The van der Waals surface area contributed by atoms with E-state index in [4.69, 9.17) is 0 Å². The Kier molecular flexibility index (Phi) is 5.42. The maximum atomic E-state index is 12.2. The van der Waals surface area contributed by atoms with E-state index in [2.05, 4.69) is 45.2 Å². The van der Waals surface area contributed by atoms with Gasteiger partial charge in [0.1, 0.15) is 0 Å². The van der Waals surface area contributed by atoms with Crippen LogP contribution in [0.1, 0.15) is 5.56 Å². The summed E-state index contributed by atoms with van der Waals surface area (Å²) >= 11 is 0. The van der Waals surface area contributed by atoms with Gasteiger partial charge in [0.15, 0.2) is 0 Å². The van der Waals surface area contributed by atoms with Gasteiger partial charge in [0.2, 0.25) is 0 Å². The molecule has 1 fully saturated rings. The van der Waals surface area contributed by atoms with Gasteiger partial charge < -0.3 is 0 Å². The van der Waals surface area contributed by atoms with E-state index in [-0.39, 0.29) is 5.56 Å². The van der Waals surface area contributed by atoms with Gasteiger partial charge in [-0.3, -0.25) is 14.6 Å². The number of piperazine rings is 1. The smallest absolute Gasteiger partial charge is 0.268 e. The van der Waals surface area contributed by atoms with Crippen LogP contribution in [0.3, 0.4) is 0 Å². The summed E-state index contributed by atoms with van der Waals surface area (Å²) in [7, 11) is 0. The van der Waals surface area contributed by atoms with E-state index in [0.717, 1.165) is 44.0 Å². The van der Waals surface area contributed by atoms with Crippen LogP contribution in [0.25, 0.3) is 11.3 Å². The van der Waals surface area contributed by atoms with E-state index in [1.165, 1.54) is 5.56 Å². The molecule has 0 N–H and O–H groups in total. The lowest BCUT2D eigenvalue weighted by Crippen LogP contribution is -2.47. The van der Waals surface area contributed by atoms with Crippen LogP contribution in [0.5, 0.6) is 0 Å². The standard InChI is InChI=1S/C22H24N4O/c27-22-12-11-21(20-9-5-2-6-10-20)23-26(22)18-25-15-13-24(14-16-25)17-19-7-3-1-4-8-19/h1-12H,13-18H2. The van der Waals surface area contributed by atoms with Gasteiger partial charge in [0.05, 0.1) is 12.4 Å². The molecule has 0 atom stereocenters. The third-order valence-corrected chi connectivity index (χ3v) is 4.98. The van der Waals surface area contributed by atoms with Gasteiger partial charge in [-0.15, -0.1) is 0 Å². The highest BCUT2D eigenvalue weighted by Crippen LogP contribution is 2.14. The van der Waals surface area contributed by atoms with Crippen LogP contribution in [0.2, 0.25) is 0 Å². The molecule has 5 heteroatoms. The van der Waals surface area contributed by atoms with Gasteiger partial charge in [0.25, 0.3) is 5.56 Å². The van der Waals surface area contributed by atoms with Crippen molar-refractivity contribution in [3.05, 3.63) is 88.7 Å². The van der Waals surface area contributed by atoms with Crippen molar-refractivity contribution in [2.75, 3.05) is 26.2 Å². The molecule has 27 heavy (non-hydrogen) atoms. The third-order valence-electron chi connectivity index (χ3n) is 4.98.